The van der Waals surface area contributed by atoms with E-state index in [0.717, 1.165) is 5.69 Å². The van der Waals surface area contributed by atoms with Gasteiger partial charge in [-0.15, -0.1) is 0 Å². The molecule has 1 aromatic carbocycles. The number of ether oxygens (including phenoxy) is 1. The van der Waals surface area contributed by atoms with E-state index in [9.17, 15) is 9.90 Å². The van der Waals surface area contributed by atoms with Gasteiger partial charge in [-0.05, 0) is 31.2 Å². The van der Waals surface area contributed by atoms with Crippen LogP contribution in [0.15, 0.2) is 36.5 Å². The predicted molar refractivity (Wildman–Crippen MR) is 71.6 cm³/mol. The van der Waals surface area contributed by atoms with E-state index in [4.69, 9.17) is 4.74 Å². The Balaban J connectivity index is 2.23. The van der Waals surface area contributed by atoms with Crippen molar-refractivity contribution < 1.29 is 14.6 Å². The number of pyridine rings is 1. The molecule has 0 fully saturated rings. The van der Waals surface area contributed by atoms with E-state index in [1.807, 2.05) is 6.92 Å². The minimum absolute atomic E-state index is 0.153. The summed E-state index contributed by atoms with van der Waals surface area (Å²) in [7, 11) is 1.43. The lowest BCUT2D eigenvalue weighted by Crippen LogP contribution is -2.12. The Hall–Kier alpha value is -2.56. The average Bonchev–Trinajstić information content (AvgIpc) is 2.41. The van der Waals surface area contributed by atoms with Crippen LogP contribution in [0.5, 0.6) is 11.5 Å². The number of phenols is 1. The number of aryl methyl sites for hydroxylation is 1. The molecule has 5 heteroatoms. The lowest BCUT2D eigenvalue weighted by Gasteiger charge is -2.09. The molecule has 0 atom stereocenters. The van der Waals surface area contributed by atoms with Crippen LogP contribution in [0.4, 0.5) is 5.69 Å². The van der Waals surface area contributed by atoms with Gasteiger partial charge in [0.05, 0.1) is 24.6 Å². The molecule has 0 aliphatic carbocycles. The average molecular weight is 258 g/mol. The van der Waals surface area contributed by atoms with Crippen molar-refractivity contribution in [3.8, 4) is 11.5 Å². The smallest absolute Gasteiger partial charge is 0.259 e. The van der Waals surface area contributed by atoms with Gasteiger partial charge >= 0.3 is 0 Å². The molecule has 1 heterocycles. The van der Waals surface area contributed by atoms with Crippen molar-refractivity contribution in [2.75, 3.05) is 12.4 Å². The number of aromatic nitrogens is 1. The molecule has 0 aliphatic heterocycles. The summed E-state index contributed by atoms with van der Waals surface area (Å²) in [5.74, 6) is -0.334. The second-order valence-electron chi connectivity index (χ2n) is 4.00. The van der Waals surface area contributed by atoms with Crippen LogP contribution < -0.4 is 10.1 Å². The van der Waals surface area contributed by atoms with Crippen molar-refractivity contribution in [1.82, 2.24) is 4.98 Å². The van der Waals surface area contributed by atoms with Crippen molar-refractivity contribution in [3.63, 3.8) is 0 Å². The number of nitrogens with one attached hydrogen (secondary N) is 1. The Morgan fingerprint density at radius 2 is 2.11 bits per heavy atom. The Morgan fingerprint density at radius 1 is 1.32 bits per heavy atom. The topological polar surface area (TPSA) is 71.5 Å². The number of hydrogen-bond acceptors (Lipinski definition) is 4. The third kappa shape index (κ3) is 2.82. The molecule has 0 spiro atoms. The maximum Gasteiger partial charge on any atom is 0.259 e. The number of phenolic OH excluding ortho intramolecular Hbond substituents is 1. The Labute approximate surface area is 110 Å². The molecule has 0 bridgehead atoms. The summed E-state index contributed by atoms with van der Waals surface area (Å²) in [6.07, 6.45) is 1.56. The molecule has 1 amide bonds. The predicted octanol–water partition coefficient (Wildman–Crippen LogP) is 2.36. The van der Waals surface area contributed by atoms with E-state index >= 15 is 0 Å². The lowest BCUT2D eigenvalue weighted by molar-refractivity contribution is 0.102. The first-order valence-corrected chi connectivity index (χ1v) is 5.72. The zero-order valence-corrected chi connectivity index (χ0v) is 10.7. The van der Waals surface area contributed by atoms with Crippen molar-refractivity contribution in [2.24, 2.45) is 0 Å². The minimum atomic E-state index is -0.415. The summed E-state index contributed by atoms with van der Waals surface area (Å²) >= 11 is 0. The molecule has 98 valence electrons. The molecular weight excluding hydrogens is 244 g/mol. The van der Waals surface area contributed by atoms with Gasteiger partial charge in [0.1, 0.15) is 0 Å². The maximum atomic E-state index is 12.0. The summed E-state index contributed by atoms with van der Waals surface area (Å²) in [6.45, 7) is 1.86. The number of nitrogens with zero attached hydrogens (tertiary/aromatic N) is 1. The van der Waals surface area contributed by atoms with Crippen molar-refractivity contribution in [3.05, 3.63) is 47.8 Å². The second kappa shape index (κ2) is 5.39. The van der Waals surface area contributed by atoms with Crippen molar-refractivity contribution >= 4 is 11.6 Å². The molecule has 2 aromatic rings. The Kier molecular flexibility index (Phi) is 3.66. The van der Waals surface area contributed by atoms with Crippen LogP contribution in [0.3, 0.4) is 0 Å². The quantitative estimate of drug-likeness (QED) is 0.886. The summed E-state index contributed by atoms with van der Waals surface area (Å²) in [6, 6.07) is 8.29. The van der Waals surface area contributed by atoms with E-state index in [1.165, 1.54) is 13.2 Å². The first kappa shape index (κ1) is 12.9. The van der Waals surface area contributed by atoms with Crippen molar-refractivity contribution in [2.45, 2.75) is 6.92 Å². The second-order valence-corrected chi connectivity index (χ2v) is 4.00. The fraction of sp³-hybridized carbons (Fsp3) is 0.143. The van der Waals surface area contributed by atoms with Gasteiger partial charge in [0.15, 0.2) is 11.5 Å². The maximum absolute atomic E-state index is 12.0. The third-order valence-electron chi connectivity index (χ3n) is 2.63. The number of amides is 1. The normalized spacial score (nSPS) is 10.0. The molecule has 2 N–H and O–H groups in total. The highest BCUT2D eigenvalue weighted by molar-refractivity contribution is 6.06. The van der Waals surface area contributed by atoms with Gasteiger partial charge in [-0.2, -0.15) is 0 Å². The lowest BCUT2D eigenvalue weighted by atomic mass is 10.1. The first-order chi connectivity index (χ1) is 9.11. The van der Waals surface area contributed by atoms with Crippen LogP contribution in [0.1, 0.15) is 16.1 Å². The number of carbonyl (C=O) groups is 1. The first-order valence-electron chi connectivity index (χ1n) is 5.72. The molecule has 19 heavy (non-hydrogen) atoms. The fourth-order valence-electron chi connectivity index (χ4n) is 1.61. The number of hydrogen-bond donors (Lipinski definition) is 2. The summed E-state index contributed by atoms with van der Waals surface area (Å²) in [5.41, 5.74) is 1.58. The van der Waals surface area contributed by atoms with Gasteiger partial charge in [0.25, 0.3) is 5.91 Å². The molecule has 0 aliphatic rings. The number of carbonyl (C=O) groups excluding carboxylic acids is 1. The van der Waals surface area contributed by atoms with Gasteiger partial charge in [-0.3, -0.25) is 9.78 Å². The van der Waals surface area contributed by atoms with Crippen LogP contribution in [0, 0.1) is 6.92 Å². The van der Waals surface area contributed by atoms with Gasteiger partial charge in [0.2, 0.25) is 0 Å². The van der Waals surface area contributed by atoms with Gasteiger partial charge in [0, 0.05) is 5.69 Å². The highest BCUT2D eigenvalue weighted by Crippen LogP contribution is 2.29. The van der Waals surface area contributed by atoms with E-state index in [1.54, 1.807) is 30.5 Å². The number of benzene rings is 1. The van der Waals surface area contributed by atoms with Crippen LogP contribution in [-0.2, 0) is 0 Å². The highest BCUT2D eigenvalue weighted by Gasteiger charge is 2.14. The van der Waals surface area contributed by atoms with E-state index in [0.29, 0.717) is 5.69 Å². The summed E-state index contributed by atoms with van der Waals surface area (Å²) < 4.78 is 4.96. The van der Waals surface area contributed by atoms with Crippen LogP contribution in [0.2, 0.25) is 0 Å². The molecule has 1 aromatic heterocycles. The van der Waals surface area contributed by atoms with Gasteiger partial charge in [-0.1, -0.05) is 6.07 Å². The minimum Gasteiger partial charge on any atom is -0.504 e. The number of anilines is 1. The van der Waals surface area contributed by atoms with Crippen LogP contribution >= 0.6 is 0 Å². The third-order valence-corrected chi connectivity index (χ3v) is 2.63. The summed E-state index contributed by atoms with van der Waals surface area (Å²) in [4.78, 5) is 16.1. The van der Waals surface area contributed by atoms with E-state index in [2.05, 4.69) is 10.3 Å². The highest BCUT2D eigenvalue weighted by atomic mass is 16.5. The zero-order valence-electron chi connectivity index (χ0n) is 10.7. The molecular formula is C14H14N2O3. The Morgan fingerprint density at radius 3 is 2.74 bits per heavy atom. The molecule has 0 saturated heterocycles. The van der Waals surface area contributed by atoms with Crippen molar-refractivity contribution in [1.29, 1.82) is 0 Å². The zero-order chi connectivity index (χ0) is 13.8. The van der Waals surface area contributed by atoms with E-state index < -0.39 is 5.91 Å². The fourth-order valence-corrected chi connectivity index (χ4v) is 1.61. The molecule has 0 saturated carbocycles. The SMILES string of the molecule is COc1cccc(C(=O)Nc2ccc(C)nc2)c1O. The molecule has 0 unspecified atom stereocenters. The number of aromatic hydroxyl groups is 1. The Bertz CT molecular complexity index is 594. The molecule has 5 nitrogen and oxygen atoms in total. The van der Waals surface area contributed by atoms with Crippen LogP contribution in [-0.4, -0.2) is 23.1 Å². The van der Waals surface area contributed by atoms with E-state index in [-0.39, 0.29) is 17.1 Å². The number of rotatable bonds is 3. The number of methoxy groups -OCH3 is 1. The standard InChI is InChI=1S/C14H14N2O3/c1-9-6-7-10(8-15-9)16-14(18)11-4-3-5-12(19-2)13(11)17/h3-8,17H,1-2H3,(H,16,18). The van der Waals surface area contributed by atoms with Crippen LogP contribution in [0.25, 0.3) is 0 Å². The molecule has 2 rings (SSSR count). The largest absolute Gasteiger partial charge is 0.504 e. The van der Waals surface area contributed by atoms with Gasteiger partial charge in [-0.25, -0.2) is 0 Å². The molecule has 0 radical (unpaired) electrons. The monoisotopic (exact) mass is 258 g/mol. The number of para-hydroxylation sites is 1. The van der Waals surface area contributed by atoms with Gasteiger partial charge < -0.3 is 15.2 Å². The summed E-state index contributed by atoms with van der Waals surface area (Å²) in [5, 5.41) is 12.5.